The smallest absolute Gasteiger partial charge is 0.219 e. The largest absolute Gasteiger partial charge is 0.340 e. The van der Waals surface area contributed by atoms with E-state index in [4.69, 9.17) is 0 Å². The molecule has 0 aliphatic carbocycles. The number of rotatable bonds is 7. The van der Waals surface area contributed by atoms with Crippen LogP contribution in [0.25, 0.3) is 0 Å². The van der Waals surface area contributed by atoms with Crippen molar-refractivity contribution >= 4 is 5.91 Å². The summed E-state index contributed by atoms with van der Waals surface area (Å²) < 4.78 is 0. The molecule has 1 amide bonds. The molecule has 0 atom stereocenters. The highest BCUT2D eigenvalue weighted by atomic mass is 16.2. The maximum atomic E-state index is 11.2. The van der Waals surface area contributed by atoms with Crippen LogP contribution in [0.3, 0.4) is 0 Å². The highest BCUT2D eigenvalue weighted by Gasteiger charge is 2.17. The van der Waals surface area contributed by atoms with Gasteiger partial charge in [-0.2, -0.15) is 0 Å². The van der Waals surface area contributed by atoms with Gasteiger partial charge in [-0.05, 0) is 18.9 Å². The Labute approximate surface area is 113 Å². The summed E-state index contributed by atoms with van der Waals surface area (Å²) in [6.07, 6.45) is 6.82. The zero-order valence-electron chi connectivity index (χ0n) is 12.5. The lowest BCUT2D eigenvalue weighted by Gasteiger charge is -2.34. The van der Waals surface area contributed by atoms with E-state index >= 15 is 0 Å². The molecule has 1 aliphatic heterocycles. The van der Waals surface area contributed by atoms with Crippen LogP contribution in [-0.2, 0) is 4.79 Å². The van der Waals surface area contributed by atoms with Gasteiger partial charge in [-0.3, -0.25) is 9.69 Å². The van der Waals surface area contributed by atoms with Gasteiger partial charge in [-0.15, -0.1) is 0 Å². The molecular formula is C15H30N2O. The summed E-state index contributed by atoms with van der Waals surface area (Å²) in [7, 11) is 0. The van der Waals surface area contributed by atoms with Crippen LogP contribution in [0.4, 0.5) is 0 Å². The summed E-state index contributed by atoms with van der Waals surface area (Å²) in [5.41, 5.74) is 0. The van der Waals surface area contributed by atoms with E-state index in [0.717, 1.165) is 32.1 Å². The van der Waals surface area contributed by atoms with Gasteiger partial charge in [-0.1, -0.05) is 39.5 Å². The molecule has 0 radical (unpaired) electrons. The van der Waals surface area contributed by atoms with E-state index in [-0.39, 0.29) is 5.91 Å². The second-order valence-corrected chi connectivity index (χ2v) is 5.94. The Balaban J connectivity index is 1.96. The number of carbonyl (C=O) groups is 1. The molecule has 0 aromatic rings. The fraction of sp³-hybridized carbons (Fsp3) is 0.933. The SMILES string of the molecule is CC(=O)N1CCN(CCCCCCC(C)C)CC1. The number of piperazine rings is 1. The predicted molar refractivity (Wildman–Crippen MR) is 76.6 cm³/mol. The van der Waals surface area contributed by atoms with Crippen molar-refractivity contribution in [1.29, 1.82) is 0 Å². The summed E-state index contributed by atoms with van der Waals surface area (Å²) in [5.74, 6) is 1.08. The van der Waals surface area contributed by atoms with Crippen LogP contribution in [0.5, 0.6) is 0 Å². The molecule has 1 fully saturated rings. The van der Waals surface area contributed by atoms with E-state index in [0.29, 0.717) is 0 Å². The van der Waals surface area contributed by atoms with Crippen molar-refractivity contribution in [2.45, 2.75) is 52.9 Å². The monoisotopic (exact) mass is 254 g/mol. The second kappa shape index (κ2) is 8.52. The molecule has 0 aromatic heterocycles. The fourth-order valence-corrected chi connectivity index (χ4v) is 2.53. The molecular weight excluding hydrogens is 224 g/mol. The van der Waals surface area contributed by atoms with Crippen molar-refractivity contribution in [3.63, 3.8) is 0 Å². The maximum absolute atomic E-state index is 11.2. The van der Waals surface area contributed by atoms with Crippen LogP contribution in [0.2, 0.25) is 0 Å². The standard InChI is InChI=1S/C15H30N2O/c1-14(2)8-6-4-5-7-9-16-10-12-17(13-11-16)15(3)18/h14H,4-13H2,1-3H3. The van der Waals surface area contributed by atoms with Gasteiger partial charge < -0.3 is 4.90 Å². The van der Waals surface area contributed by atoms with Crippen molar-refractivity contribution in [1.82, 2.24) is 9.80 Å². The van der Waals surface area contributed by atoms with Gasteiger partial charge in [0.25, 0.3) is 0 Å². The van der Waals surface area contributed by atoms with Crippen molar-refractivity contribution in [3.05, 3.63) is 0 Å². The number of hydrogen-bond acceptors (Lipinski definition) is 2. The zero-order chi connectivity index (χ0) is 13.4. The van der Waals surface area contributed by atoms with Crippen LogP contribution < -0.4 is 0 Å². The Hall–Kier alpha value is -0.570. The topological polar surface area (TPSA) is 23.6 Å². The molecule has 0 saturated carbocycles. The molecule has 0 N–H and O–H groups in total. The minimum absolute atomic E-state index is 0.225. The first kappa shape index (κ1) is 15.5. The number of hydrogen-bond donors (Lipinski definition) is 0. The normalized spacial score (nSPS) is 17.4. The van der Waals surface area contributed by atoms with Crippen molar-refractivity contribution < 1.29 is 4.79 Å². The Morgan fingerprint density at radius 2 is 1.61 bits per heavy atom. The third-order valence-corrected chi connectivity index (χ3v) is 3.82. The molecule has 1 saturated heterocycles. The molecule has 18 heavy (non-hydrogen) atoms. The lowest BCUT2D eigenvalue weighted by atomic mass is 10.0. The van der Waals surface area contributed by atoms with Crippen LogP contribution >= 0.6 is 0 Å². The van der Waals surface area contributed by atoms with Crippen molar-refractivity contribution in [2.75, 3.05) is 32.7 Å². The summed E-state index contributed by atoms with van der Waals surface area (Å²) in [5, 5.41) is 0. The van der Waals surface area contributed by atoms with Gasteiger partial charge in [0.1, 0.15) is 0 Å². The Morgan fingerprint density at radius 1 is 1.00 bits per heavy atom. The molecule has 0 spiro atoms. The van der Waals surface area contributed by atoms with Crippen LogP contribution in [-0.4, -0.2) is 48.4 Å². The summed E-state index contributed by atoms with van der Waals surface area (Å²) in [4.78, 5) is 15.7. The lowest BCUT2D eigenvalue weighted by Crippen LogP contribution is -2.48. The first-order chi connectivity index (χ1) is 8.59. The van der Waals surface area contributed by atoms with Crippen LogP contribution in [0, 0.1) is 5.92 Å². The number of nitrogens with zero attached hydrogens (tertiary/aromatic N) is 2. The Bertz CT molecular complexity index is 233. The third-order valence-electron chi connectivity index (χ3n) is 3.82. The van der Waals surface area contributed by atoms with Gasteiger partial charge in [0.2, 0.25) is 5.91 Å². The zero-order valence-corrected chi connectivity index (χ0v) is 12.5. The average Bonchev–Trinajstić information content (AvgIpc) is 2.34. The lowest BCUT2D eigenvalue weighted by molar-refractivity contribution is -0.130. The summed E-state index contributed by atoms with van der Waals surface area (Å²) in [6.45, 7) is 11.4. The number of amides is 1. The quantitative estimate of drug-likeness (QED) is 0.652. The van der Waals surface area contributed by atoms with Gasteiger partial charge in [-0.25, -0.2) is 0 Å². The van der Waals surface area contributed by atoms with Crippen molar-refractivity contribution in [3.8, 4) is 0 Å². The minimum atomic E-state index is 0.225. The molecule has 1 aliphatic rings. The van der Waals surface area contributed by atoms with E-state index < -0.39 is 0 Å². The Kier molecular flexibility index (Phi) is 7.33. The first-order valence-corrected chi connectivity index (χ1v) is 7.57. The molecule has 0 aromatic carbocycles. The molecule has 106 valence electrons. The average molecular weight is 254 g/mol. The fourth-order valence-electron chi connectivity index (χ4n) is 2.53. The van der Waals surface area contributed by atoms with E-state index in [1.807, 2.05) is 4.90 Å². The molecule has 3 nitrogen and oxygen atoms in total. The van der Waals surface area contributed by atoms with Crippen molar-refractivity contribution in [2.24, 2.45) is 5.92 Å². The van der Waals surface area contributed by atoms with Gasteiger partial charge in [0.05, 0.1) is 0 Å². The molecule has 1 heterocycles. The second-order valence-electron chi connectivity index (χ2n) is 5.94. The highest BCUT2D eigenvalue weighted by molar-refractivity contribution is 5.73. The highest BCUT2D eigenvalue weighted by Crippen LogP contribution is 2.10. The van der Waals surface area contributed by atoms with Crippen LogP contribution in [0.1, 0.15) is 52.9 Å². The molecule has 3 heteroatoms. The molecule has 0 unspecified atom stereocenters. The van der Waals surface area contributed by atoms with E-state index in [1.165, 1.54) is 38.6 Å². The Morgan fingerprint density at radius 3 is 2.17 bits per heavy atom. The van der Waals surface area contributed by atoms with E-state index in [9.17, 15) is 4.79 Å². The minimum Gasteiger partial charge on any atom is -0.340 e. The molecule has 0 bridgehead atoms. The third kappa shape index (κ3) is 6.39. The number of unbranched alkanes of at least 4 members (excludes halogenated alkanes) is 3. The van der Waals surface area contributed by atoms with Gasteiger partial charge >= 0.3 is 0 Å². The van der Waals surface area contributed by atoms with Crippen LogP contribution in [0.15, 0.2) is 0 Å². The molecule has 1 rings (SSSR count). The summed E-state index contributed by atoms with van der Waals surface area (Å²) >= 11 is 0. The first-order valence-electron chi connectivity index (χ1n) is 7.57. The van der Waals surface area contributed by atoms with Gasteiger partial charge in [0.15, 0.2) is 0 Å². The predicted octanol–water partition coefficient (Wildman–Crippen LogP) is 2.76. The van der Waals surface area contributed by atoms with E-state index in [1.54, 1.807) is 6.92 Å². The number of carbonyl (C=O) groups excluding carboxylic acids is 1. The van der Waals surface area contributed by atoms with Gasteiger partial charge in [0, 0.05) is 33.1 Å². The maximum Gasteiger partial charge on any atom is 0.219 e. The summed E-state index contributed by atoms with van der Waals surface area (Å²) in [6, 6.07) is 0. The van der Waals surface area contributed by atoms with E-state index in [2.05, 4.69) is 18.7 Å².